The van der Waals surface area contributed by atoms with Crippen LogP contribution in [-0.2, 0) is 14.8 Å². The van der Waals surface area contributed by atoms with Crippen molar-refractivity contribution in [2.75, 3.05) is 60.6 Å². The van der Waals surface area contributed by atoms with E-state index in [0.29, 0.717) is 19.8 Å². The molecular weight excluding hydrogens is 346 g/mol. The number of sulfonamides is 1. The van der Waals surface area contributed by atoms with Crippen molar-refractivity contribution in [1.29, 1.82) is 0 Å². The van der Waals surface area contributed by atoms with Crippen molar-refractivity contribution in [2.24, 2.45) is 0 Å². The summed E-state index contributed by atoms with van der Waals surface area (Å²) >= 11 is 0. The Morgan fingerprint density at radius 1 is 1.32 bits per heavy atom. The predicted octanol–water partition coefficient (Wildman–Crippen LogP) is 0.00750. The predicted molar refractivity (Wildman–Crippen MR) is 93.5 cm³/mol. The van der Waals surface area contributed by atoms with Crippen molar-refractivity contribution in [1.82, 2.24) is 14.5 Å². The Morgan fingerprint density at radius 3 is 2.60 bits per heavy atom. The minimum absolute atomic E-state index is 0.0270. The highest BCUT2D eigenvalue weighted by Crippen LogP contribution is 2.26. The van der Waals surface area contributed by atoms with Gasteiger partial charge >= 0.3 is 0 Å². The van der Waals surface area contributed by atoms with Crippen LogP contribution in [0.4, 0.5) is 0 Å². The lowest BCUT2D eigenvalue weighted by atomic mass is 10.2. The second-order valence-corrected chi connectivity index (χ2v) is 7.98. The molecule has 0 atom stereocenters. The van der Waals surface area contributed by atoms with Gasteiger partial charge in [0.25, 0.3) is 5.91 Å². The van der Waals surface area contributed by atoms with E-state index in [2.05, 4.69) is 10.2 Å². The minimum atomic E-state index is -3.71. The summed E-state index contributed by atoms with van der Waals surface area (Å²) in [6.45, 7) is 4.33. The molecule has 1 N–H and O–H groups in total. The maximum absolute atomic E-state index is 12.4. The fourth-order valence-corrected chi connectivity index (χ4v) is 3.55. The molecule has 25 heavy (non-hydrogen) atoms. The lowest BCUT2D eigenvalue weighted by molar-refractivity contribution is 0.0383. The van der Waals surface area contributed by atoms with E-state index >= 15 is 0 Å². The van der Waals surface area contributed by atoms with Crippen LogP contribution in [0.25, 0.3) is 0 Å². The van der Waals surface area contributed by atoms with E-state index in [1.54, 1.807) is 6.07 Å². The number of rotatable bonds is 7. The van der Waals surface area contributed by atoms with Crippen LogP contribution in [0.2, 0.25) is 0 Å². The number of nitrogens with one attached hydrogen (secondary N) is 1. The number of hydrogen-bond acceptors (Lipinski definition) is 6. The standard InChI is InChI=1S/C16H25N3O5S/c1-18(2)25(21,22)15-12-13(4-5-14(15)23-3)16(20)17-6-7-19-8-10-24-11-9-19/h4-5,12H,6-11H2,1-3H3,(H,17,20). The van der Waals surface area contributed by atoms with Gasteiger partial charge in [0.05, 0.1) is 20.3 Å². The van der Waals surface area contributed by atoms with Crippen molar-refractivity contribution in [3.8, 4) is 5.75 Å². The van der Waals surface area contributed by atoms with Gasteiger partial charge in [-0.2, -0.15) is 0 Å². The van der Waals surface area contributed by atoms with Gasteiger partial charge < -0.3 is 14.8 Å². The summed E-state index contributed by atoms with van der Waals surface area (Å²) in [5.41, 5.74) is 0.281. The molecule has 9 heteroatoms. The van der Waals surface area contributed by atoms with Gasteiger partial charge in [-0.3, -0.25) is 9.69 Å². The lowest BCUT2D eigenvalue weighted by Crippen LogP contribution is -2.41. The Bertz CT molecular complexity index is 700. The summed E-state index contributed by atoms with van der Waals surface area (Å²) in [6.07, 6.45) is 0. The summed E-state index contributed by atoms with van der Waals surface area (Å²) in [5.74, 6) is -0.107. The molecular formula is C16H25N3O5S. The molecule has 1 aliphatic heterocycles. The molecule has 0 saturated carbocycles. The molecule has 8 nitrogen and oxygen atoms in total. The van der Waals surface area contributed by atoms with Gasteiger partial charge in [0, 0.05) is 45.8 Å². The summed E-state index contributed by atoms with van der Waals surface area (Å²) in [6, 6.07) is 4.39. The van der Waals surface area contributed by atoms with Crippen LogP contribution < -0.4 is 10.1 Å². The number of benzene rings is 1. The van der Waals surface area contributed by atoms with Crippen LogP contribution >= 0.6 is 0 Å². The molecule has 0 radical (unpaired) electrons. The zero-order chi connectivity index (χ0) is 18.4. The molecule has 1 aromatic carbocycles. The molecule has 2 rings (SSSR count). The molecule has 0 aromatic heterocycles. The Labute approximate surface area is 148 Å². The molecule has 0 spiro atoms. The molecule has 140 valence electrons. The molecule has 1 heterocycles. The molecule has 1 saturated heterocycles. The third-order valence-corrected chi connectivity index (χ3v) is 5.84. The van der Waals surface area contributed by atoms with Crippen LogP contribution in [0.3, 0.4) is 0 Å². The first-order valence-corrected chi connectivity index (χ1v) is 9.49. The van der Waals surface area contributed by atoms with E-state index in [4.69, 9.17) is 9.47 Å². The van der Waals surface area contributed by atoms with Crippen molar-refractivity contribution in [3.05, 3.63) is 23.8 Å². The number of hydrogen-bond donors (Lipinski definition) is 1. The van der Waals surface area contributed by atoms with Gasteiger partial charge in [-0.1, -0.05) is 0 Å². The maximum atomic E-state index is 12.4. The zero-order valence-electron chi connectivity index (χ0n) is 14.8. The van der Waals surface area contributed by atoms with E-state index in [1.165, 1.54) is 33.3 Å². The lowest BCUT2D eigenvalue weighted by Gasteiger charge is -2.26. The summed E-state index contributed by atoms with van der Waals surface area (Å²) in [4.78, 5) is 14.5. The minimum Gasteiger partial charge on any atom is -0.495 e. The SMILES string of the molecule is COc1ccc(C(=O)NCCN2CCOCC2)cc1S(=O)(=O)N(C)C. The number of nitrogens with zero attached hydrogens (tertiary/aromatic N) is 2. The summed E-state index contributed by atoms with van der Waals surface area (Å²) in [7, 11) is 0.557. The third-order valence-electron chi connectivity index (χ3n) is 4.00. The van der Waals surface area contributed by atoms with Crippen molar-refractivity contribution in [2.45, 2.75) is 4.90 Å². The maximum Gasteiger partial charge on any atom is 0.251 e. The quantitative estimate of drug-likeness (QED) is 0.726. The van der Waals surface area contributed by atoms with Crippen LogP contribution in [0.1, 0.15) is 10.4 Å². The van der Waals surface area contributed by atoms with Crippen molar-refractivity contribution >= 4 is 15.9 Å². The van der Waals surface area contributed by atoms with Gasteiger partial charge in [-0.15, -0.1) is 0 Å². The van der Waals surface area contributed by atoms with E-state index in [1.807, 2.05) is 0 Å². The van der Waals surface area contributed by atoms with Gasteiger partial charge in [-0.05, 0) is 18.2 Å². The Kier molecular flexibility index (Phi) is 6.77. The fraction of sp³-hybridized carbons (Fsp3) is 0.562. The normalized spacial score (nSPS) is 16.0. The molecule has 0 bridgehead atoms. The smallest absolute Gasteiger partial charge is 0.251 e. The summed E-state index contributed by atoms with van der Waals surface area (Å²) in [5, 5.41) is 2.82. The third kappa shape index (κ3) is 4.91. The number of amides is 1. The molecule has 0 aliphatic carbocycles. The second-order valence-electron chi connectivity index (χ2n) is 5.86. The van der Waals surface area contributed by atoms with Crippen molar-refractivity contribution in [3.63, 3.8) is 0 Å². The molecule has 1 aliphatic rings. The van der Waals surface area contributed by atoms with Gasteiger partial charge in [0.1, 0.15) is 10.6 Å². The number of carbonyl (C=O) groups excluding carboxylic acids is 1. The van der Waals surface area contributed by atoms with E-state index in [0.717, 1.165) is 23.9 Å². The first kappa shape index (κ1) is 19.6. The largest absolute Gasteiger partial charge is 0.495 e. The van der Waals surface area contributed by atoms with Crippen LogP contribution in [0.15, 0.2) is 23.1 Å². The first-order valence-electron chi connectivity index (χ1n) is 8.05. The highest BCUT2D eigenvalue weighted by atomic mass is 32.2. The number of methoxy groups -OCH3 is 1. The highest BCUT2D eigenvalue weighted by molar-refractivity contribution is 7.89. The van der Waals surface area contributed by atoms with Gasteiger partial charge in [-0.25, -0.2) is 12.7 Å². The Hall–Kier alpha value is -1.68. The average molecular weight is 371 g/mol. The number of morpholine rings is 1. The number of ether oxygens (including phenoxy) is 2. The van der Waals surface area contributed by atoms with E-state index in [9.17, 15) is 13.2 Å². The van der Waals surface area contributed by atoms with Crippen LogP contribution in [0, 0.1) is 0 Å². The monoisotopic (exact) mass is 371 g/mol. The Morgan fingerprint density at radius 2 is 2.00 bits per heavy atom. The number of carbonyl (C=O) groups is 1. The first-order chi connectivity index (χ1) is 11.9. The zero-order valence-corrected chi connectivity index (χ0v) is 15.6. The molecule has 1 amide bonds. The average Bonchev–Trinajstić information content (AvgIpc) is 2.61. The van der Waals surface area contributed by atoms with E-state index in [-0.39, 0.29) is 22.1 Å². The second kappa shape index (κ2) is 8.61. The van der Waals surface area contributed by atoms with E-state index < -0.39 is 10.0 Å². The fourth-order valence-electron chi connectivity index (χ4n) is 2.47. The Balaban J connectivity index is 2.06. The van der Waals surface area contributed by atoms with Crippen LogP contribution in [-0.4, -0.2) is 84.1 Å². The van der Waals surface area contributed by atoms with Gasteiger partial charge in [0.2, 0.25) is 10.0 Å². The highest BCUT2D eigenvalue weighted by Gasteiger charge is 2.24. The molecule has 1 fully saturated rings. The topological polar surface area (TPSA) is 88.2 Å². The van der Waals surface area contributed by atoms with Gasteiger partial charge in [0.15, 0.2) is 0 Å². The summed E-state index contributed by atoms with van der Waals surface area (Å²) < 4.78 is 36.3. The molecule has 0 unspecified atom stereocenters. The molecule has 1 aromatic rings. The van der Waals surface area contributed by atoms with Crippen molar-refractivity contribution < 1.29 is 22.7 Å². The van der Waals surface area contributed by atoms with Crippen LogP contribution in [0.5, 0.6) is 5.75 Å².